The van der Waals surface area contributed by atoms with Gasteiger partial charge in [-0.1, -0.05) is 39.0 Å². The number of carboxylic acid groups (broad SMARTS) is 1. The number of rotatable bonds is 3. The smallest absolute Gasteiger partial charge is 0.308 e. The van der Waals surface area contributed by atoms with Crippen LogP contribution in [0.15, 0.2) is 0 Å². The summed E-state index contributed by atoms with van der Waals surface area (Å²) in [7, 11) is 0. The average molecular weight is 267 g/mol. The average Bonchev–Trinajstić information content (AvgIpc) is 2.40. The number of hydrogen-bond donors (Lipinski definition) is 2. The molecule has 2 saturated carbocycles. The summed E-state index contributed by atoms with van der Waals surface area (Å²) in [5.74, 6) is -1.09. The van der Waals surface area contributed by atoms with Crippen LogP contribution in [-0.4, -0.2) is 23.0 Å². The topological polar surface area (TPSA) is 66.4 Å². The predicted octanol–water partition coefficient (Wildman–Crippen LogP) is 2.72. The van der Waals surface area contributed by atoms with Crippen LogP contribution in [0.5, 0.6) is 0 Å². The van der Waals surface area contributed by atoms with E-state index in [0.717, 1.165) is 44.9 Å². The largest absolute Gasteiger partial charge is 0.481 e. The van der Waals surface area contributed by atoms with Crippen molar-refractivity contribution in [3.63, 3.8) is 0 Å². The number of carbonyl (C=O) groups excluding carboxylic acids is 1. The van der Waals surface area contributed by atoms with Gasteiger partial charge in [0.05, 0.1) is 5.92 Å². The van der Waals surface area contributed by atoms with Crippen molar-refractivity contribution in [1.82, 2.24) is 5.32 Å². The Balaban J connectivity index is 1.98. The summed E-state index contributed by atoms with van der Waals surface area (Å²) in [5.41, 5.74) is -0.279. The van der Waals surface area contributed by atoms with Crippen LogP contribution in [0.4, 0.5) is 0 Å². The highest BCUT2D eigenvalue weighted by Gasteiger charge is 2.38. The maximum absolute atomic E-state index is 12.5. The lowest BCUT2D eigenvalue weighted by Gasteiger charge is -2.36. The molecule has 2 aliphatic rings. The molecular formula is C15H25NO3. The quantitative estimate of drug-likeness (QED) is 0.826. The number of carboxylic acids is 1. The van der Waals surface area contributed by atoms with Crippen LogP contribution in [0.25, 0.3) is 0 Å². The molecule has 0 heterocycles. The third-order valence-electron chi connectivity index (χ3n) is 4.90. The third kappa shape index (κ3) is 3.28. The number of hydrogen-bond acceptors (Lipinski definition) is 2. The highest BCUT2D eigenvalue weighted by Crippen LogP contribution is 2.36. The van der Waals surface area contributed by atoms with Gasteiger partial charge in [0.1, 0.15) is 0 Å². The summed E-state index contributed by atoms with van der Waals surface area (Å²) >= 11 is 0. The monoisotopic (exact) mass is 267 g/mol. The lowest BCUT2D eigenvalue weighted by molar-refractivity contribution is -0.144. The van der Waals surface area contributed by atoms with Gasteiger partial charge in [-0.3, -0.25) is 9.59 Å². The highest BCUT2D eigenvalue weighted by atomic mass is 16.4. The van der Waals surface area contributed by atoms with Crippen molar-refractivity contribution in [2.45, 2.75) is 70.8 Å². The molecule has 0 spiro atoms. The molecule has 4 nitrogen and oxygen atoms in total. The second-order valence-corrected chi connectivity index (χ2v) is 6.43. The number of carbonyl (C=O) groups is 2. The van der Waals surface area contributed by atoms with Crippen molar-refractivity contribution in [3.8, 4) is 0 Å². The van der Waals surface area contributed by atoms with Crippen LogP contribution >= 0.6 is 0 Å². The van der Waals surface area contributed by atoms with E-state index in [1.807, 2.05) is 6.92 Å². The zero-order valence-corrected chi connectivity index (χ0v) is 11.8. The number of nitrogens with one attached hydrogen (secondary N) is 1. The van der Waals surface area contributed by atoms with Crippen LogP contribution in [0.3, 0.4) is 0 Å². The van der Waals surface area contributed by atoms with Gasteiger partial charge in [-0.05, 0) is 25.7 Å². The van der Waals surface area contributed by atoms with E-state index < -0.39 is 11.9 Å². The summed E-state index contributed by atoms with van der Waals surface area (Å²) in [5, 5.41) is 12.3. The van der Waals surface area contributed by atoms with E-state index in [-0.39, 0.29) is 17.4 Å². The van der Waals surface area contributed by atoms with E-state index in [1.54, 1.807) is 0 Å². The molecular weight excluding hydrogens is 242 g/mol. The second kappa shape index (κ2) is 5.93. The third-order valence-corrected chi connectivity index (χ3v) is 4.90. The fraction of sp³-hybridized carbons (Fsp3) is 0.867. The van der Waals surface area contributed by atoms with Gasteiger partial charge in [-0.2, -0.15) is 0 Å². The Morgan fingerprint density at radius 1 is 1.05 bits per heavy atom. The van der Waals surface area contributed by atoms with E-state index in [9.17, 15) is 14.7 Å². The minimum absolute atomic E-state index is 0.0744. The van der Waals surface area contributed by atoms with Crippen molar-refractivity contribution in [1.29, 1.82) is 0 Å². The molecule has 2 atom stereocenters. The minimum atomic E-state index is -0.765. The van der Waals surface area contributed by atoms with Gasteiger partial charge in [0.2, 0.25) is 5.91 Å². The fourth-order valence-corrected chi connectivity index (χ4v) is 3.50. The first-order valence-corrected chi connectivity index (χ1v) is 7.57. The van der Waals surface area contributed by atoms with Crippen LogP contribution in [0.1, 0.15) is 64.7 Å². The van der Waals surface area contributed by atoms with E-state index in [0.29, 0.717) is 6.42 Å². The van der Waals surface area contributed by atoms with Gasteiger partial charge >= 0.3 is 5.97 Å². The lowest BCUT2D eigenvalue weighted by atomic mass is 9.74. The number of amides is 1. The van der Waals surface area contributed by atoms with Crippen molar-refractivity contribution in [3.05, 3.63) is 0 Å². The zero-order valence-electron chi connectivity index (χ0n) is 11.8. The fourth-order valence-electron chi connectivity index (χ4n) is 3.50. The maximum Gasteiger partial charge on any atom is 0.308 e. The summed E-state index contributed by atoms with van der Waals surface area (Å²) < 4.78 is 0. The first-order chi connectivity index (χ1) is 9.03. The van der Waals surface area contributed by atoms with Gasteiger partial charge in [-0.25, -0.2) is 0 Å². The molecule has 0 bridgehead atoms. The van der Waals surface area contributed by atoms with Gasteiger partial charge in [0.25, 0.3) is 0 Å². The van der Waals surface area contributed by atoms with Crippen molar-refractivity contribution >= 4 is 11.9 Å². The second-order valence-electron chi connectivity index (χ2n) is 6.43. The van der Waals surface area contributed by atoms with Gasteiger partial charge in [0, 0.05) is 11.5 Å². The minimum Gasteiger partial charge on any atom is -0.481 e. The van der Waals surface area contributed by atoms with E-state index >= 15 is 0 Å². The zero-order chi connectivity index (χ0) is 13.9. The predicted molar refractivity (Wildman–Crippen MR) is 72.7 cm³/mol. The summed E-state index contributed by atoms with van der Waals surface area (Å²) in [6.45, 7) is 2.03. The Bertz CT molecular complexity index is 347. The van der Waals surface area contributed by atoms with Gasteiger partial charge in [-0.15, -0.1) is 0 Å². The van der Waals surface area contributed by atoms with Crippen molar-refractivity contribution < 1.29 is 14.7 Å². The molecule has 0 radical (unpaired) electrons. The van der Waals surface area contributed by atoms with E-state index in [2.05, 4.69) is 5.32 Å². The van der Waals surface area contributed by atoms with Crippen LogP contribution in [0.2, 0.25) is 0 Å². The maximum atomic E-state index is 12.5. The Morgan fingerprint density at radius 3 is 2.32 bits per heavy atom. The molecule has 0 aromatic rings. The molecule has 2 unspecified atom stereocenters. The van der Waals surface area contributed by atoms with Crippen molar-refractivity contribution in [2.24, 2.45) is 11.3 Å². The molecule has 1 amide bonds. The van der Waals surface area contributed by atoms with E-state index in [4.69, 9.17) is 0 Å². The highest BCUT2D eigenvalue weighted by molar-refractivity contribution is 5.83. The Labute approximate surface area is 115 Å². The summed E-state index contributed by atoms with van der Waals surface area (Å²) in [6, 6.07) is -0.169. The molecule has 2 rings (SSSR count). The molecule has 2 N–H and O–H groups in total. The summed E-state index contributed by atoms with van der Waals surface area (Å²) in [6.07, 6.45) is 8.77. The van der Waals surface area contributed by atoms with Crippen LogP contribution in [0, 0.1) is 11.3 Å². The molecule has 0 aliphatic heterocycles. The molecule has 0 aromatic heterocycles. The molecule has 19 heavy (non-hydrogen) atoms. The molecule has 0 aromatic carbocycles. The van der Waals surface area contributed by atoms with E-state index in [1.165, 1.54) is 6.42 Å². The molecule has 0 saturated heterocycles. The molecule has 2 aliphatic carbocycles. The first-order valence-electron chi connectivity index (χ1n) is 7.57. The summed E-state index contributed by atoms with van der Waals surface area (Å²) in [4.78, 5) is 23.7. The molecule has 4 heteroatoms. The van der Waals surface area contributed by atoms with Crippen molar-refractivity contribution in [2.75, 3.05) is 0 Å². The Morgan fingerprint density at radius 2 is 1.68 bits per heavy atom. The molecule has 108 valence electrons. The number of aliphatic carboxylic acids is 1. The van der Waals surface area contributed by atoms with Gasteiger partial charge in [0.15, 0.2) is 0 Å². The lowest BCUT2D eigenvalue weighted by Crippen LogP contribution is -2.50. The molecule has 2 fully saturated rings. The van der Waals surface area contributed by atoms with Gasteiger partial charge < -0.3 is 10.4 Å². The Kier molecular flexibility index (Phi) is 4.48. The van der Waals surface area contributed by atoms with Crippen LogP contribution in [-0.2, 0) is 9.59 Å². The van der Waals surface area contributed by atoms with Crippen LogP contribution < -0.4 is 5.32 Å². The first kappa shape index (κ1) is 14.4. The standard InChI is InChI=1S/C15H25NO3/c1-15(9-5-2-6-10-15)14(19)16-12-8-4-3-7-11(12)13(17)18/h11-12H,2-10H2,1H3,(H,16,19)(H,17,18). The SMILES string of the molecule is CC1(C(=O)NC2CCCCC2C(=O)O)CCCCC1. The Hall–Kier alpha value is -1.06. The normalized spacial score (nSPS) is 30.6.